The lowest BCUT2D eigenvalue weighted by Gasteiger charge is -2.12. The van der Waals surface area contributed by atoms with Gasteiger partial charge in [-0.3, -0.25) is 0 Å². The number of benzene rings is 1. The Morgan fingerprint density at radius 1 is 1.38 bits per heavy atom. The third-order valence-corrected chi connectivity index (χ3v) is 2.86. The van der Waals surface area contributed by atoms with Crippen molar-refractivity contribution in [3.05, 3.63) is 35.9 Å². The lowest BCUT2D eigenvalue weighted by Crippen LogP contribution is -2.17. The maximum Gasteiger partial charge on any atom is 0.233 e. The first-order chi connectivity index (χ1) is 7.74. The number of hydrogen-bond donors (Lipinski definition) is 2. The third-order valence-electron chi connectivity index (χ3n) is 2.20. The van der Waals surface area contributed by atoms with Crippen LogP contribution < -0.4 is 11.1 Å². The van der Waals surface area contributed by atoms with Gasteiger partial charge in [0.25, 0.3) is 0 Å². The molecule has 1 aromatic carbocycles. The highest BCUT2D eigenvalue weighted by atomic mass is 32.1. The van der Waals surface area contributed by atoms with Gasteiger partial charge in [-0.05, 0) is 18.9 Å². The van der Waals surface area contributed by atoms with E-state index in [1.165, 1.54) is 17.1 Å². The first-order valence-corrected chi connectivity index (χ1v) is 5.91. The molecule has 5 heteroatoms. The van der Waals surface area contributed by atoms with Gasteiger partial charge in [0.2, 0.25) is 11.1 Å². The molecule has 0 radical (unpaired) electrons. The number of nitrogens with zero attached hydrogens (tertiary/aromatic N) is 2. The molecule has 1 unspecified atom stereocenters. The zero-order valence-electron chi connectivity index (χ0n) is 9.05. The van der Waals surface area contributed by atoms with Crippen LogP contribution in [-0.2, 0) is 6.42 Å². The van der Waals surface area contributed by atoms with E-state index in [1.807, 2.05) is 18.2 Å². The lowest BCUT2D eigenvalue weighted by molar-refractivity contribution is 0.789. The van der Waals surface area contributed by atoms with E-state index in [0.717, 1.165) is 11.6 Å². The minimum atomic E-state index is 0.315. The number of rotatable bonds is 4. The van der Waals surface area contributed by atoms with Crippen LogP contribution in [0.25, 0.3) is 0 Å². The fourth-order valence-electron chi connectivity index (χ4n) is 1.52. The average molecular weight is 234 g/mol. The summed E-state index contributed by atoms with van der Waals surface area (Å²) in [4.78, 5) is 4.07. The molecule has 0 amide bonds. The van der Waals surface area contributed by atoms with Crippen LogP contribution in [0.2, 0.25) is 0 Å². The molecule has 0 saturated heterocycles. The van der Waals surface area contributed by atoms with Crippen molar-refractivity contribution in [2.75, 3.05) is 11.1 Å². The molecule has 4 nitrogen and oxygen atoms in total. The van der Waals surface area contributed by atoms with E-state index in [4.69, 9.17) is 5.73 Å². The molecule has 0 saturated carbocycles. The topological polar surface area (TPSA) is 63.8 Å². The van der Waals surface area contributed by atoms with E-state index in [-0.39, 0.29) is 0 Å². The Hall–Kier alpha value is -1.62. The summed E-state index contributed by atoms with van der Waals surface area (Å²) in [7, 11) is 0. The number of nitrogens with two attached hydrogens (primary N) is 1. The van der Waals surface area contributed by atoms with Crippen molar-refractivity contribution in [3.8, 4) is 0 Å². The molecule has 1 aromatic heterocycles. The summed E-state index contributed by atoms with van der Waals surface area (Å²) >= 11 is 1.29. The molecule has 0 aliphatic carbocycles. The Morgan fingerprint density at radius 2 is 2.12 bits per heavy atom. The van der Waals surface area contributed by atoms with Gasteiger partial charge in [0.05, 0.1) is 0 Å². The number of hydrogen-bond acceptors (Lipinski definition) is 5. The maximum atomic E-state index is 5.46. The minimum Gasteiger partial charge on any atom is -0.367 e. The van der Waals surface area contributed by atoms with Crippen LogP contribution in [0.5, 0.6) is 0 Å². The van der Waals surface area contributed by atoms with Gasteiger partial charge in [0.15, 0.2) is 0 Å². The maximum absolute atomic E-state index is 5.46. The Morgan fingerprint density at radius 3 is 2.75 bits per heavy atom. The summed E-state index contributed by atoms with van der Waals surface area (Å²) in [5, 5.41) is 4.05. The molecule has 2 rings (SSSR count). The molecule has 0 spiro atoms. The van der Waals surface area contributed by atoms with Crippen molar-refractivity contribution in [1.29, 1.82) is 0 Å². The van der Waals surface area contributed by atoms with Gasteiger partial charge in [-0.15, -0.1) is 0 Å². The summed E-state index contributed by atoms with van der Waals surface area (Å²) in [6.07, 6.45) is 0.959. The van der Waals surface area contributed by atoms with Crippen LogP contribution >= 0.6 is 11.5 Å². The molecule has 0 aliphatic rings. The molecular weight excluding hydrogens is 220 g/mol. The van der Waals surface area contributed by atoms with Crippen LogP contribution in [0.3, 0.4) is 0 Å². The second-order valence-corrected chi connectivity index (χ2v) is 4.44. The van der Waals surface area contributed by atoms with Crippen molar-refractivity contribution in [2.45, 2.75) is 19.4 Å². The van der Waals surface area contributed by atoms with Gasteiger partial charge in [0, 0.05) is 17.6 Å². The fourth-order valence-corrected chi connectivity index (χ4v) is 2.13. The standard InChI is InChI=1S/C11H14N4S/c1-8(7-9-5-3-2-4-6-9)13-11-14-10(12)15-16-11/h2-6,8H,7H2,1H3,(H3,12,13,14,15). The van der Waals surface area contributed by atoms with E-state index in [9.17, 15) is 0 Å². The number of anilines is 2. The first kappa shape index (κ1) is 10.9. The fraction of sp³-hybridized carbons (Fsp3) is 0.273. The molecule has 0 aliphatic heterocycles. The van der Waals surface area contributed by atoms with E-state index >= 15 is 0 Å². The molecule has 0 bridgehead atoms. The third kappa shape index (κ3) is 2.93. The number of aromatic nitrogens is 2. The largest absolute Gasteiger partial charge is 0.367 e. The van der Waals surface area contributed by atoms with Gasteiger partial charge in [0.1, 0.15) is 0 Å². The predicted molar refractivity (Wildman–Crippen MR) is 67.6 cm³/mol. The summed E-state index contributed by atoms with van der Waals surface area (Å²) in [5.74, 6) is 0.333. The molecule has 1 atom stereocenters. The summed E-state index contributed by atoms with van der Waals surface area (Å²) in [5.41, 5.74) is 6.76. The minimum absolute atomic E-state index is 0.315. The zero-order valence-corrected chi connectivity index (χ0v) is 9.87. The summed E-state index contributed by atoms with van der Waals surface area (Å²) in [6, 6.07) is 10.7. The first-order valence-electron chi connectivity index (χ1n) is 5.13. The summed E-state index contributed by atoms with van der Waals surface area (Å²) < 4.78 is 3.92. The summed E-state index contributed by atoms with van der Waals surface area (Å²) in [6.45, 7) is 2.12. The van der Waals surface area contributed by atoms with Crippen LogP contribution in [0.15, 0.2) is 30.3 Å². The van der Waals surface area contributed by atoms with Crippen molar-refractivity contribution < 1.29 is 0 Å². The predicted octanol–water partition coefficient (Wildman–Crippen LogP) is 2.16. The van der Waals surface area contributed by atoms with E-state index < -0.39 is 0 Å². The SMILES string of the molecule is CC(Cc1ccccc1)Nc1nc(N)ns1. The molecule has 16 heavy (non-hydrogen) atoms. The Labute approximate surface area is 98.7 Å². The van der Waals surface area contributed by atoms with Crippen molar-refractivity contribution in [3.63, 3.8) is 0 Å². The highest BCUT2D eigenvalue weighted by Gasteiger charge is 2.06. The van der Waals surface area contributed by atoms with Gasteiger partial charge < -0.3 is 11.1 Å². The zero-order chi connectivity index (χ0) is 11.4. The quantitative estimate of drug-likeness (QED) is 0.851. The smallest absolute Gasteiger partial charge is 0.233 e. The molecule has 3 N–H and O–H groups in total. The Bertz CT molecular complexity index is 440. The normalized spacial score (nSPS) is 12.3. The van der Waals surface area contributed by atoms with Crippen molar-refractivity contribution >= 4 is 22.6 Å². The van der Waals surface area contributed by atoms with E-state index in [1.54, 1.807) is 0 Å². The molecule has 0 fully saturated rings. The lowest BCUT2D eigenvalue weighted by atomic mass is 10.1. The average Bonchev–Trinajstić information content (AvgIpc) is 2.65. The Balaban J connectivity index is 1.92. The van der Waals surface area contributed by atoms with Crippen LogP contribution in [0.4, 0.5) is 11.1 Å². The second-order valence-electron chi connectivity index (χ2n) is 3.69. The van der Waals surface area contributed by atoms with E-state index in [2.05, 4.69) is 33.7 Å². The van der Waals surface area contributed by atoms with Crippen LogP contribution in [0.1, 0.15) is 12.5 Å². The van der Waals surface area contributed by atoms with Gasteiger partial charge in [-0.25, -0.2) is 0 Å². The van der Waals surface area contributed by atoms with Crippen molar-refractivity contribution in [2.24, 2.45) is 0 Å². The van der Waals surface area contributed by atoms with Crippen LogP contribution in [-0.4, -0.2) is 15.4 Å². The number of nitrogen functional groups attached to an aromatic ring is 1. The van der Waals surface area contributed by atoms with Crippen LogP contribution in [0, 0.1) is 0 Å². The highest BCUT2D eigenvalue weighted by molar-refractivity contribution is 7.09. The van der Waals surface area contributed by atoms with E-state index in [0.29, 0.717) is 12.0 Å². The molecule has 84 valence electrons. The van der Waals surface area contributed by atoms with Crippen molar-refractivity contribution in [1.82, 2.24) is 9.36 Å². The number of nitrogens with one attached hydrogen (secondary N) is 1. The van der Waals surface area contributed by atoms with Gasteiger partial charge >= 0.3 is 0 Å². The second kappa shape index (κ2) is 4.94. The van der Waals surface area contributed by atoms with Gasteiger partial charge in [-0.1, -0.05) is 30.3 Å². The monoisotopic (exact) mass is 234 g/mol. The molecule has 2 aromatic rings. The molecule has 1 heterocycles. The molecular formula is C11H14N4S. The van der Waals surface area contributed by atoms with Gasteiger partial charge in [-0.2, -0.15) is 9.36 Å². The Kier molecular flexibility index (Phi) is 3.36. The highest BCUT2D eigenvalue weighted by Crippen LogP contribution is 2.14.